The summed E-state index contributed by atoms with van der Waals surface area (Å²) in [6.07, 6.45) is 1.41. The summed E-state index contributed by atoms with van der Waals surface area (Å²) >= 11 is 7.71. The second kappa shape index (κ2) is 9.67. The fraction of sp³-hybridized carbons (Fsp3) is 0.350. The lowest BCUT2D eigenvalue weighted by atomic mass is 10.1. The Bertz CT molecular complexity index is 948. The Morgan fingerprint density at radius 2 is 1.89 bits per heavy atom. The topological polar surface area (TPSA) is 66.5 Å². The van der Waals surface area contributed by atoms with E-state index in [0.717, 1.165) is 22.5 Å². The molecule has 0 spiro atoms. The van der Waals surface area contributed by atoms with Gasteiger partial charge >= 0.3 is 0 Å². The van der Waals surface area contributed by atoms with Crippen LogP contribution in [0.4, 0.5) is 11.4 Å². The predicted octanol–water partition coefficient (Wildman–Crippen LogP) is 4.94. The number of sulfonamides is 1. The molecule has 152 valence electrons. The van der Waals surface area contributed by atoms with Gasteiger partial charge in [0, 0.05) is 9.92 Å². The quantitative estimate of drug-likeness (QED) is 0.590. The SMILES string of the molecule is CCSc1ccccc1NC(=O)[C@@H](CC)N(c1cc(Cl)ccc1C)S(C)(=O)=O. The van der Waals surface area contributed by atoms with Crippen molar-refractivity contribution in [1.29, 1.82) is 0 Å². The standard InChI is InChI=1S/C20H25ClN2O3S2/c1-5-17(20(24)22-16-9-7-8-10-19(16)27-6-2)23(28(4,25)26)18-13-15(21)12-11-14(18)3/h7-13,17H,5-6H2,1-4H3,(H,22,24)/t17-/m1/s1. The van der Waals surface area contributed by atoms with Gasteiger partial charge in [-0.15, -0.1) is 11.8 Å². The summed E-state index contributed by atoms with van der Waals surface area (Å²) in [7, 11) is -3.72. The van der Waals surface area contributed by atoms with E-state index in [2.05, 4.69) is 5.32 Å². The summed E-state index contributed by atoms with van der Waals surface area (Å²) < 4.78 is 26.4. The second-order valence-corrected chi connectivity index (χ2v) is 9.93. The average molecular weight is 441 g/mol. The number of amides is 1. The van der Waals surface area contributed by atoms with E-state index in [9.17, 15) is 13.2 Å². The number of anilines is 2. The first-order chi connectivity index (χ1) is 13.2. The summed E-state index contributed by atoms with van der Waals surface area (Å²) in [5, 5.41) is 3.32. The fourth-order valence-electron chi connectivity index (χ4n) is 2.92. The molecule has 5 nitrogen and oxygen atoms in total. The van der Waals surface area contributed by atoms with Crippen LogP contribution in [0.2, 0.25) is 5.02 Å². The molecule has 2 aromatic rings. The third-order valence-electron chi connectivity index (χ3n) is 4.18. The summed E-state index contributed by atoms with van der Waals surface area (Å²) in [5.74, 6) is 0.484. The van der Waals surface area contributed by atoms with Crippen molar-refractivity contribution in [1.82, 2.24) is 0 Å². The van der Waals surface area contributed by atoms with Crippen molar-refractivity contribution in [3.05, 3.63) is 53.1 Å². The number of nitrogens with one attached hydrogen (secondary N) is 1. The Hall–Kier alpha value is -1.70. The molecule has 0 heterocycles. The minimum absolute atomic E-state index is 0.313. The molecule has 0 saturated carbocycles. The van der Waals surface area contributed by atoms with Gasteiger partial charge in [-0.25, -0.2) is 8.42 Å². The van der Waals surface area contributed by atoms with E-state index in [1.165, 1.54) is 4.31 Å². The van der Waals surface area contributed by atoms with E-state index in [1.54, 1.807) is 43.8 Å². The number of halogens is 1. The van der Waals surface area contributed by atoms with Gasteiger partial charge in [0.1, 0.15) is 6.04 Å². The van der Waals surface area contributed by atoms with Gasteiger partial charge in [-0.05, 0) is 48.9 Å². The summed E-state index contributed by atoms with van der Waals surface area (Å²) in [6, 6.07) is 11.6. The molecule has 0 aliphatic carbocycles. The molecule has 0 radical (unpaired) electrons. The van der Waals surface area contributed by atoms with Gasteiger partial charge in [0.05, 0.1) is 17.6 Å². The number of rotatable bonds is 8. The van der Waals surface area contributed by atoms with Crippen LogP contribution < -0.4 is 9.62 Å². The van der Waals surface area contributed by atoms with Gasteiger partial charge in [-0.2, -0.15) is 0 Å². The van der Waals surface area contributed by atoms with Crippen LogP contribution in [0.3, 0.4) is 0 Å². The van der Waals surface area contributed by atoms with Crippen LogP contribution in [0.5, 0.6) is 0 Å². The van der Waals surface area contributed by atoms with Crippen LogP contribution in [0.1, 0.15) is 25.8 Å². The van der Waals surface area contributed by atoms with Crippen molar-refractivity contribution in [3.63, 3.8) is 0 Å². The molecule has 8 heteroatoms. The zero-order valence-electron chi connectivity index (χ0n) is 16.4. The van der Waals surface area contributed by atoms with Crippen LogP contribution in [-0.4, -0.2) is 32.4 Å². The summed E-state index contributed by atoms with van der Waals surface area (Å²) in [4.78, 5) is 14.0. The molecular weight excluding hydrogens is 416 g/mol. The van der Waals surface area contributed by atoms with Gasteiger partial charge < -0.3 is 5.32 Å². The maximum atomic E-state index is 13.1. The van der Waals surface area contributed by atoms with Crippen LogP contribution in [0, 0.1) is 6.92 Å². The van der Waals surface area contributed by atoms with Crippen LogP contribution >= 0.6 is 23.4 Å². The van der Waals surface area contributed by atoms with Crippen molar-refractivity contribution >= 4 is 50.7 Å². The van der Waals surface area contributed by atoms with Crippen LogP contribution in [0.25, 0.3) is 0 Å². The second-order valence-electron chi connectivity index (χ2n) is 6.33. The number of carbonyl (C=O) groups excluding carboxylic acids is 1. The number of benzene rings is 2. The van der Waals surface area contributed by atoms with Crippen LogP contribution in [-0.2, 0) is 14.8 Å². The lowest BCUT2D eigenvalue weighted by molar-refractivity contribution is -0.117. The smallest absolute Gasteiger partial charge is 0.248 e. The van der Waals surface area contributed by atoms with Gasteiger partial charge in [0.2, 0.25) is 15.9 Å². The van der Waals surface area contributed by atoms with E-state index >= 15 is 0 Å². The Morgan fingerprint density at radius 1 is 1.21 bits per heavy atom. The maximum absolute atomic E-state index is 13.1. The normalized spacial score (nSPS) is 12.5. The molecule has 1 atom stereocenters. The number of hydrogen-bond donors (Lipinski definition) is 1. The van der Waals surface area contributed by atoms with Crippen molar-refractivity contribution in [3.8, 4) is 0 Å². The zero-order valence-corrected chi connectivity index (χ0v) is 18.8. The summed E-state index contributed by atoms with van der Waals surface area (Å²) in [6.45, 7) is 5.61. The molecule has 0 aliphatic rings. The fourth-order valence-corrected chi connectivity index (χ4v) is 5.11. The Balaban J connectivity index is 2.44. The van der Waals surface area contributed by atoms with Gasteiger partial charge in [-0.1, -0.05) is 43.6 Å². The van der Waals surface area contributed by atoms with Crippen molar-refractivity contribution < 1.29 is 13.2 Å². The van der Waals surface area contributed by atoms with Crippen molar-refractivity contribution in [2.24, 2.45) is 0 Å². The number of nitrogens with zero attached hydrogens (tertiary/aromatic N) is 1. The molecule has 0 fully saturated rings. The lowest BCUT2D eigenvalue weighted by Gasteiger charge is -2.31. The molecule has 0 saturated heterocycles. The first kappa shape index (κ1) is 22.6. The highest BCUT2D eigenvalue weighted by atomic mass is 35.5. The molecule has 0 unspecified atom stereocenters. The first-order valence-electron chi connectivity index (χ1n) is 8.97. The van der Waals surface area contributed by atoms with Gasteiger partial charge in [0.25, 0.3) is 0 Å². The molecule has 0 aromatic heterocycles. The largest absolute Gasteiger partial charge is 0.323 e. The number of aryl methyl sites for hydroxylation is 1. The highest BCUT2D eigenvalue weighted by Gasteiger charge is 2.32. The van der Waals surface area contributed by atoms with E-state index in [-0.39, 0.29) is 5.91 Å². The van der Waals surface area contributed by atoms with Gasteiger partial charge in [0.15, 0.2) is 0 Å². The maximum Gasteiger partial charge on any atom is 0.248 e. The third-order valence-corrected chi connectivity index (χ3v) is 6.54. The molecule has 0 aliphatic heterocycles. The molecule has 1 N–H and O–H groups in total. The number of hydrogen-bond acceptors (Lipinski definition) is 4. The van der Waals surface area contributed by atoms with Gasteiger partial charge in [-0.3, -0.25) is 9.10 Å². The minimum Gasteiger partial charge on any atom is -0.323 e. The van der Waals surface area contributed by atoms with Crippen LogP contribution in [0.15, 0.2) is 47.4 Å². The number of carbonyl (C=O) groups is 1. The monoisotopic (exact) mass is 440 g/mol. The molecular formula is C20H25ClN2O3S2. The van der Waals surface area contributed by atoms with E-state index in [1.807, 2.05) is 31.2 Å². The number of para-hydroxylation sites is 1. The predicted molar refractivity (Wildman–Crippen MR) is 119 cm³/mol. The first-order valence-corrected chi connectivity index (χ1v) is 12.2. The molecule has 28 heavy (non-hydrogen) atoms. The van der Waals surface area contributed by atoms with E-state index in [0.29, 0.717) is 22.8 Å². The average Bonchev–Trinajstić information content (AvgIpc) is 2.62. The Labute approximate surface area is 176 Å². The number of thioether (sulfide) groups is 1. The van der Waals surface area contributed by atoms with E-state index in [4.69, 9.17) is 11.6 Å². The third kappa shape index (κ3) is 5.43. The Kier molecular flexibility index (Phi) is 7.80. The van der Waals surface area contributed by atoms with Crippen molar-refractivity contribution in [2.75, 3.05) is 21.6 Å². The highest BCUT2D eigenvalue weighted by molar-refractivity contribution is 7.99. The van der Waals surface area contributed by atoms with E-state index < -0.39 is 16.1 Å². The molecule has 2 rings (SSSR count). The molecule has 2 aromatic carbocycles. The minimum atomic E-state index is -3.72. The zero-order chi connectivity index (χ0) is 20.9. The highest BCUT2D eigenvalue weighted by Crippen LogP contribution is 2.31. The lowest BCUT2D eigenvalue weighted by Crippen LogP contribution is -2.47. The Morgan fingerprint density at radius 3 is 2.50 bits per heavy atom. The molecule has 0 bridgehead atoms. The van der Waals surface area contributed by atoms with Crippen molar-refractivity contribution in [2.45, 2.75) is 38.1 Å². The summed E-state index contributed by atoms with van der Waals surface area (Å²) in [5.41, 5.74) is 1.81. The molecule has 1 amide bonds.